The molecule has 2 aromatic carbocycles. The quantitative estimate of drug-likeness (QED) is 0.504. The molecule has 6 heteroatoms. The molecule has 4 aromatic rings. The second kappa shape index (κ2) is 7.62. The molecule has 138 valence electrons. The van der Waals surface area contributed by atoms with Crippen LogP contribution in [0.1, 0.15) is 31.3 Å². The maximum atomic E-state index is 13.0. The minimum Gasteiger partial charge on any atom is -0.321 e. The number of rotatable bonds is 5. The first-order chi connectivity index (χ1) is 13.6. The van der Waals surface area contributed by atoms with Crippen LogP contribution in [0.5, 0.6) is 0 Å². The number of hydrogen-bond acceptors (Lipinski definition) is 4. The molecule has 2 aromatic heterocycles. The Hall–Kier alpha value is -3.51. The molecular weight excluding hydrogens is 370 g/mol. The second-order valence-electron chi connectivity index (χ2n) is 6.30. The normalized spacial score (nSPS) is 10.6. The summed E-state index contributed by atoms with van der Waals surface area (Å²) >= 11 is 1.34. The Kier molecular flexibility index (Phi) is 4.87. The maximum absolute atomic E-state index is 13.0. The van der Waals surface area contributed by atoms with Crippen LogP contribution in [0.25, 0.3) is 5.69 Å². The minimum atomic E-state index is -0.419. The highest BCUT2D eigenvalue weighted by Crippen LogP contribution is 2.21. The SMILES string of the molecule is Cc1ccc(-n2cc(C(=O)c3cccs3)c(C(=O)Nc3ccccc3)n2)cc1. The number of aryl methyl sites for hydroxylation is 1. The summed E-state index contributed by atoms with van der Waals surface area (Å²) in [6.45, 7) is 2.00. The molecule has 0 saturated carbocycles. The topological polar surface area (TPSA) is 64.0 Å². The Morgan fingerprint density at radius 3 is 2.39 bits per heavy atom. The highest BCUT2D eigenvalue weighted by atomic mass is 32.1. The van der Waals surface area contributed by atoms with Crippen LogP contribution in [-0.2, 0) is 0 Å². The summed E-state index contributed by atoms with van der Waals surface area (Å²) in [6, 6.07) is 20.4. The maximum Gasteiger partial charge on any atom is 0.276 e. The van der Waals surface area contributed by atoms with Crippen LogP contribution < -0.4 is 5.32 Å². The summed E-state index contributed by atoms with van der Waals surface area (Å²) in [7, 11) is 0. The number of hydrogen-bond donors (Lipinski definition) is 1. The van der Waals surface area contributed by atoms with Crippen LogP contribution >= 0.6 is 11.3 Å². The Morgan fingerprint density at radius 1 is 0.964 bits per heavy atom. The molecule has 0 aliphatic heterocycles. The highest BCUT2D eigenvalue weighted by Gasteiger charge is 2.24. The number of aromatic nitrogens is 2. The van der Waals surface area contributed by atoms with Gasteiger partial charge in [-0.15, -0.1) is 11.3 Å². The van der Waals surface area contributed by atoms with Crippen LogP contribution in [0.15, 0.2) is 78.3 Å². The number of thiophene rings is 1. The lowest BCUT2D eigenvalue weighted by atomic mass is 10.1. The van der Waals surface area contributed by atoms with E-state index >= 15 is 0 Å². The van der Waals surface area contributed by atoms with E-state index in [9.17, 15) is 9.59 Å². The van der Waals surface area contributed by atoms with Crippen molar-refractivity contribution >= 4 is 28.7 Å². The van der Waals surface area contributed by atoms with Crippen molar-refractivity contribution in [2.75, 3.05) is 5.32 Å². The van der Waals surface area contributed by atoms with Crippen LogP contribution in [0.2, 0.25) is 0 Å². The third-order valence-corrected chi connectivity index (χ3v) is 5.12. The molecule has 0 radical (unpaired) electrons. The lowest BCUT2D eigenvalue weighted by molar-refractivity contribution is 0.0995. The van der Waals surface area contributed by atoms with E-state index in [4.69, 9.17) is 0 Å². The zero-order chi connectivity index (χ0) is 19.5. The fourth-order valence-corrected chi connectivity index (χ4v) is 3.47. The van der Waals surface area contributed by atoms with Gasteiger partial charge in [0.2, 0.25) is 5.78 Å². The molecule has 1 N–H and O–H groups in total. The number of benzene rings is 2. The first kappa shape index (κ1) is 17.9. The molecule has 0 spiro atoms. The lowest BCUT2D eigenvalue weighted by Gasteiger charge is -2.04. The molecule has 0 bridgehead atoms. The summed E-state index contributed by atoms with van der Waals surface area (Å²) in [5, 5.41) is 9.07. The second-order valence-corrected chi connectivity index (χ2v) is 7.25. The smallest absolute Gasteiger partial charge is 0.276 e. The summed E-state index contributed by atoms with van der Waals surface area (Å²) in [5.74, 6) is -0.636. The van der Waals surface area contributed by atoms with E-state index in [2.05, 4.69) is 10.4 Å². The van der Waals surface area contributed by atoms with E-state index in [1.807, 2.05) is 60.8 Å². The highest BCUT2D eigenvalue weighted by molar-refractivity contribution is 7.12. The predicted molar refractivity (Wildman–Crippen MR) is 110 cm³/mol. The number of carbonyl (C=O) groups excluding carboxylic acids is 2. The van der Waals surface area contributed by atoms with Crippen molar-refractivity contribution in [3.05, 3.63) is 100 Å². The number of ketones is 1. The van der Waals surface area contributed by atoms with Crippen molar-refractivity contribution < 1.29 is 9.59 Å². The zero-order valence-corrected chi connectivity index (χ0v) is 15.9. The largest absolute Gasteiger partial charge is 0.321 e. The lowest BCUT2D eigenvalue weighted by Crippen LogP contribution is -2.16. The number of carbonyl (C=O) groups is 2. The van der Waals surface area contributed by atoms with Gasteiger partial charge in [-0.3, -0.25) is 9.59 Å². The standard InChI is InChI=1S/C22H17N3O2S/c1-15-9-11-17(12-10-15)25-14-18(21(26)19-8-5-13-28-19)20(24-25)22(27)23-16-6-3-2-4-7-16/h2-14H,1H3,(H,23,27). The summed E-state index contributed by atoms with van der Waals surface area (Å²) in [6.07, 6.45) is 1.62. The van der Waals surface area contributed by atoms with Gasteiger partial charge in [-0.2, -0.15) is 5.10 Å². The fraction of sp³-hybridized carbons (Fsp3) is 0.0455. The zero-order valence-electron chi connectivity index (χ0n) is 15.1. The van der Waals surface area contributed by atoms with Crippen molar-refractivity contribution in [2.45, 2.75) is 6.92 Å². The number of anilines is 1. The van der Waals surface area contributed by atoms with E-state index in [0.29, 0.717) is 10.6 Å². The Morgan fingerprint density at radius 2 is 1.71 bits per heavy atom. The average Bonchev–Trinajstić information content (AvgIpc) is 3.39. The molecule has 0 atom stereocenters. The average molecular weight is 387 g/mol. The van der Waals surface area contributed by atoms with Crippen molar-refractivity contribution in [2.24, 2.45) is 0 Å². The molecule has 0 saturated heterocycles. The van der Waals surface area contributed by atoms with Gasteiger partial charge < -0.3 is 5.32 Å². The van der Waals surface area contributed by atoms with E-state index in [0.717, 1.165) is 11.3 Å². The van der Waals surface area contributed by atoms with Crippen molar-refractivity contribution in [3.8, 4) is 5.69 Å². The van der Waals surface area contributed by atoms with Crippen molar-refractivity contribution in [3.63, 3.8) is 0 Å². The number of nitrogens with one attached hydrogen (secondary N) is 1. The van der Waals surface area contributed by atoms with E-state index in [1.165, 1.54) is 11.3 Å². The molecule has 2 heterocycles. The third-order valence-electron chi connectivity index (χ3n) is 4.25. The van der Waals surface area contributed by atoms with Crippen LogP contribution in [0.3, 0.4) is 0 Å². The van der Waals surface area contributed by atoms with Gasteiger partial charge in [0.1, 0.15) is 0 Å². The van der Waals surface area contributed by atoms with Gasteiger partial charge in [-0.25, -0.2) is 4.68 Å². The fourth-order valence-electron chi connectivity index (χ4n) is 2.79. The minimum absolute atomic E-state index is 0.0998. The van der Waals surface area contributed by atoms with Gasteiger partial charge in [0.15, 0.2) is 5.69 Å². The number of amides is 1. The van der Waals surface area contributed by atoms with E-state index in [1.54, 1.807) is 29.1 Å². The monoisotopic (exact) mass is 387 g/mol. The molecule has 5 nitrogen and oxygen atoms in total. The van der Waals surface area contributed by atoms with E-state index < -0.39 is 5.91 Å². The Balaban J connectivity index is 1.75. The number of nitrogens with zero attached hydrogens (tertiary/aromatic N) is 2. The Bertz CT molecular complexity index is 1110. The molecule has 28 heavy (non-hydrogen) atoms. The first-order valence-corrected chi connectivity index (χ1v) is 9.61. The summed E-state index contributed by atoms with van der Waals surface area (Å²) in [5.41, 5.74) is 2.92. The summed E-state index contributed by atoms with van der Waals surface area (Å²) in [4.78, 5) is 26.4. The van der Waals surface area contributed by atoms with Crippen LogP contribution in [0.4, 0.5) is 5.69 Å². The third kappa shape index (κ3) is 3.63. The van der Waals surface area contributed by atoms with Crippen molar-refractivity contribution in [1.82, 2.24) is 9.78 Å². The molecule has 4 rings (SSSR count). The van der Waals surface area contributed by atoms with Gasteiger partial charge in [-0.1, -0.05) is 42.0 Å². The van der Waals surface area contributed by atoms with Crippen LogP contribution in [-0.4, -0.2) is 21.5 Å². The van der Waals surface area contributed by atoms with Gasteiger partial charge in [-0.05, 0) is 42.6 Å². The van der Waals surface area contributed by atoms with Gasteiger partial charge >= 0.3 is 0 Å². The summed E-state index contributed by atoms with van der Waals surface area (Å²) < 4.78 is 1.57. The number of para-hydroxylation sites is 1. The van der Waals surface area contributed by atoms with Gasteiger partial charge in [0.05, 0.1) is 16.1 Å². The molecule has 0 unspecified atom stereocenters. The molecular formula is C22H17N3O2S. The molecule has 0 aliphatic rings. The van der Waals surface area contributed by atoms with E-state index in [-0.39, 0.29) is 17.0 Å². The Labute approximate surface area is 166 Å². The van der Waals surface area contributed by atoms with Crippen molar-refractivity contribution in [1.29, 1.82) is 0 Å². The first-order valence-electron chi connectivity index (χ1n) is 8.73. The molecule has 0 fully saturated rings. The van der Waals surface area contributed by atoms with Gasteiger partial charge in [0.25, 0.3) is 5.91 Å². The predicted octanol–water partition coefficient (Wildman–Crippen LogP) is 4.73. The molecule has 1 amide bonds. The molecule has 0 aliphatic carbocycles. The van der Waals surface area contributed by atoms with Gasteiger partial charge in [0, 0.05) is 11.9 Å². The van der Waals surface area contributed by atoms with Crippen LogP contribution in [0, 0.1) is 6.92 Å².